The Kier molecular flexibility index (Phi) is 3.44. The fourth-order valence-electron chi connectivity index (χ4n) is 3.88. The molecule has 1 N–H and O–H groups in total. The summed E-state index contributed by atoms with van der Waals surface area (Å²) in [7, 11) is 0. The van der Waals surface area contributed by atoms with E-state index in [0.717, 1.165) is 47.7 Å². The van der Waals surface area contributed by atoms with E-state index >= 15 is 0 Å². The van der Waals surface area contributed by atoms with Crippen molar-refractivity contribution in [1.29, 1.82) is 0 Å². The van der Waals surface area contributed by atoms with Crippen LogP contribution in [0.4, 0.5) is 0 Å². The third kappa shape index (κ3) is 2.70. The molecule has 0 radical (unpaired) electrons. The molecule has 0 unspecified atom stereocenters. The van der Waals surface area contributed by atoms with Gasteiger partial charge in [-0.15, -0.1) is 0 Å². The van der Waals surface area contributed by atoms with Crippen LogP contribution in [0.15, 0.2) is 28.7 Å². The predicted molar refractivity (Wildman–Crippen MR) is 91.4 cm³/mol. The Labute approximate surface area is 142 Å². The van der Waals surface area contributed by atoms with Crippen LogP contribution in [-0.2, 0) is 12.8 Å². The van der Waals surface area contributed by atoms with Gasteiger partial charge in [0, 0.05) is 24.0 Å². The van der Waals surface area contributed by atoms with Gasteiger partial charge in [0.15, 0.2) is 0 Å². The lowest BCUT2D eigenvalue weighted by atomic mass is 9.74. The summed E-state index contributed by atoms with van der Waals surface area (Å²) in [5.41, 5.74) is 3.06. The van der Waals surface area contributed by atoms with Crippen LogP contribution < -0.4 is 10.1 Å². The largest absolute Gasteiger partial charge is 0.493 e. The second-order valence-electron chi connectivity index (χ2n) is 7.73. The standard InChI is InChI=1S/C20H23NO3/c1-12-8-15-16(10-20(2,3)11-18(15)24-12)21-19(22)14-4-5-17-13(9-14)6-7-23-17/h4-5,8-9,16H,6-7,10-11H2,1-3H3,(H,21,22)/t16-/m1/s1. The summed E-state index contributed by atoms with van der Waals surface area (Å²) in [6.07, 6.45) is 2.70. The van der Waals surface area contributed by atoms with E-state index < -0.39 is 0 Å². The number of ether oxygens (including phenoxy) is 1. The molecule has 1 atom stereocenters. The molecule has 1 aromatic heterocycles. The number of aryl methyl sites for hydroxylation is 1. The summed E-state index contributed by atoms with van der Waals surface area (Å²) >= 11 is 0. The SMILES string of the molecule is Cc1cc2c(o1)CC(C)(C)C[C@H]2NC(=O)c1ccc2c(c1)CCO2. The van der Waals surface area contributed by atoms with Gasteiger partial charge < -0.3 is 14.5 Å². The fourth-order valence-corrected chi connectivity index (χ4v) is 3.88. The van der Waals surface area contributed by atoms with Crippen LogP contribution in [0, 0.1) is 12.3 Å². The Morgan fingerprint density at radius 3 is 2.96 bits per heavy atom. The highest BCUT2D eigenvalue weighted by Gasteiger charge is 2.35. The average molecular weight is 325 g/mol. The molecule has 0 saturated carbocycles. The first-order chi connectivity index (χ1) is 11.4. The molecule has 4 rings (SSSR count). The molecule has 0 bridgehead atoms. The topological polar surface area (TPSA) is 51.5 Å². The molecule has 4 nitrogen and oxygen atoms in total. The zero-order valence-electron chi connectivity index (χ0n) is 14.4. The van der Waals surface area contributed by atoms with E-state index in [1.807, 2.05) is 25.1 Å². The number of carbonyl (C=O) groups is 1. The Morgan fingerprint density at radius 2 is 2.12 bits per heavy atom. The first kappa shape index (κ1) is 15.3. The molecule has 0 fully saturated rings. The molecular weight excluding hydrogens is 302 g/mol. The van der Waals surface area contributed by atoms with Crippen LogP contribution in [-0.4, -0.2) is 12.5 Å². The molecule has 0 saturated heterocycles. The van der Waals surface area contributed by atoms with Crippen LogP contribution in [0.1, 0.15) is 59.3 Å². The Morgan fingerprint density at radius 1 is 1.29 bits per heavy atom. The fraction of sp³-hybridized carbons (Fsp3) is 0.450. The molecule has 1 amide bonds. The summed E-state index contributed by atoms with van der Waals surface area (Å²) in [4.78, 5) is 12.8. The van der Waals surface area contributed by atoms with Crippen LogP contribution in [0.5, 0.6) is 5.75 Å². The van der Waals surface area contributed by atoms with E-state index in [9.17, 15) is 4.79 Å². The maximum atomic E-state index is 12.8. The molecule has 2 aliphatic rings. The lowest BCUT2D eigenvalue weighted by Gasteiger charge is -2.34. The van der Waals surface area contributed by atoms with Gasteiger partial charge in [0.05, 0.1) is 12.6 Å². The first-order valence-electron chi connectivity index (χ1n) is 8.57. The van der Waals surface area contributed by atoms with E-state index in [0.29, 0.717) is 12.2 Å². The lowest BCUT2D eigenvalue weighted by molar-refractivity contribution is 0.0917. The third-order valence-electron chi connectivity index (χ3n) is 4.99. The third-order valence-corrected chi connectivity index (χ3v) is 4.99. The molecular formula is C20H23NO3. The average Bonchev–Trinajstić information content (AvgIpc) is 3.10. The molecule has 24 heavy (non-hydrogen) atoms. The zero-order valence-corrected chi connectivity index (χ0v) is 14.4. The van der Waals surface area contributed by atoms with Gasteiger partial charge >= 0.3 is 0 Å². The summed E-state index contributed by atoms with van der Waals surface area (Å²) < 4.78 is 11.4. The molecule has 2 aromatic rings. The number of hydrogen-bond donors (Lipinski definition) is 1. The quantitative estimate of drug-likeness (QED) is 0.909. The normalized spacial score (nSPS) is 20.9. The monoisotopic (exact) mass is 325 g/mol. The number of furan rings is 1. The van der Waals surface area contributed by atoms with E-state index in [1.165, 1.54) is 0 Å². The van der Waals surface area contributed by atoms with Crippen molar-refractivity contribution in [3.8, 4) is 5.75 Å². The lowest BCUT2D eigenvalue weighted by Crippen LogP contribution is -2.36. The van der Waals surface area contributed by atoms with Gasteiger partial charge in [-0.3, -0.25) is 4.79 Å². The van der Waals surface area contributed by atoms with Crippen molar-refractivity contribution in [2.45, 2.75) is 46.1 Å². The van der Waals surface area contributed by atoms with Gasteiger partial charge in [0.25, 0.3) is 5.91 Å². The van der Waals surface area contributed by atoms with Crippen LogP contribution in [0.25, 0.3) is 0 Å². The molecule has 126 valence electrons. The highest BCUT2D eigenvalue weighted by molar-refractivity contribution is 5.95. The van der Waals surface area contributed by atoms with Crippen LogP contribution >= 0.6 is 0 Å². The second-order valence-corrected chi connectivity index (χ2v) is 7.73. The van der Waals surface area contributed by atoms with E-state index in [2.05, 4.69) is 25.2 Å². The molecule has 0 spiro atoms. The number of rotatable bonds is 2. The van der Waals surface area contributed by atoms with Crippen molar-refractivity contribution < 1.29 is 13.9 Å². The molecule has 4 heteroatoms. The summed E-state index contributed by atoms with van der Waals surface area (Å²) in [5, 5.41) is 3.21. The number of nitrogens with one attached hydrogen (secondary N) is 1. The Hall–Kier alpha value is -2.23. The summed E-state index contributed by atoms with van der Waals surface area (Å²) in [6, 6.07) is 7.75. The number of carbonyl (C=O) groups excluding carboxylic acids is 1. The van der Waals surface area contributed by atoms with E-state index in [-0.39, 0.29) is 17.4 Å². The molecule has 1 aromatic carbocycles. The highest BCUT2D eigenvalue weighted by Crippen LogP contribution is 2.42. The first-order valence-corrected chi connectivity index (χ1v) is 8.57. The van der Waals surface area contributed by atoms with Crippen molar-refractivity contribution in [1.82, 2.24) is 5.32 Å². The Balaban J connectivity index is 1.59. The van der Waals surface area contributed by atoms with Gasteiger partial charge in [-0.1, -0.05) is 13.8 Å². The van der Waals surface area contributed by atoms with Crippen molar-refractivity contribution >= 4 is 5.91 Å². The second kappa shape index (κ2) is 5.40. The van der Waals surface area contributed by atoms with Crippen molar-refractivity contribution in [2.75, 3.05) is 6.61 Å². The maximum absolute atomic E-state index is 12.8. The minimum atomic E-state index is -0.0304. The number of fused-ring (bicyclic) bond motifs is 2. The number of amides is 1. The van der Waals surface area contributed by atoms with Gasteiger partial charge in [0.2, 0.25) is 0 Å². The smallest absolute Gasteiger partial charge is 0.251 e. The van der Waals surface area contributed by atoms with Gasteiger partial charge in [-0.2, -0.15) is 0 Å². The molecule has 1 aliphatic carbocycles. The summed E-state index contributed by atoms with van der Waals surface area (Å²) in [5.74, 6) is 2.79. The molecule has 1 aliphatic heterocycles. The van der Waals surface area contributed by atoms with Crippen LogP contribution in [0.2, 0.25) is 0 Å². The maximum Gasteiger partial charge on any atom is 0.251 e. The van der Waals surface area contributed by atoms with Gasteiger partial charge in [-0.25, -0.2) is 0 Å². The number of benzene rings is 1. The van der Waals surface area contributed by atoms with Crippen molar-refractivity contribution in [3.63, 3.8) is 0 Å². The van der Waals surface area contributed by atoms with E-state index in [1.54, 1.807) is 0 Å². The zero-order chi connectivity index (χ0) is 16.9. The summed E-state index contributed by atoms with van der Waals surface area (Å²) in [6.45, 7) is 7.11. The highest BCUT2D eigenvalue weighted by atomic mass is 16.5. The predicted octanol–water partition coefficient (Wildman–Crippen LogP) is 3.97. The van der Waals surface area contributed by atoms with Gasteiger partial charge in [-0.05, 0) is 48.6 Å². The van der Waals surface area contributed by atoms with Crippen LogP contribution in [0.3, 0.4) is 0 Å². The number of hydrogen-bond acceptors (Lipinski definition) is 3. The minimum Gasteiger partial charge on any atom is -0.493 e. The van der Waals surface area contributed by atoms with Gasteiger partial charge in [0.1, 0.15) is 17.3 Å². The Bertz CT molecular complexity index is 803. The van der Waals surface area contributed by atoms with Crippen molar-refractivity contribution in [3.05, 3.63) is 52.5 Å². The minimum absolute atomic E-state index is 0.00166. The van der Waals surface area contributed by atoms with E-state index in [4.69, 9.17) is 9.15 Å². The molecule has 2 heterocycles. The van der Waals surface area contributed by atoms with Crippen molar-refractivity contribution in [2.24, 2.45) is 5.41 Å².